The number of halogens is 2. The van der Waals surface area contributed by atoms with E-state index in [-0.39, 0.29) is 21.2 Å². The van der Waals surface area contributed by atoms with E-state index in [1.807, 2.05) is 0 Å². The molecular weight excluding hydrogens is 480 g/mol. The van der Waals surface area contributed by atoms with Gasteiger partial charge in [-0.1, -0.05) is 39.8 Å². The van der Waals surface area contributed by atoms with E-state index in [1.165, 1.54) is 29.5 Å². The van der Waals surface area contributed by atoms with Crippen molar-refractivity contribution in [3.63, 3.8) is 0 Å². The molecule has 0 aliphatic rings. The van der Waals surface area contributed by atoms with Gasteiger partial charge in [0.25, 0.3) is 5.23 Å². The minimum atomic E-state index is -4.99. The summed E-state index contributed by atoms with van der Waals surface area (Å²) in [5.74, 6) is 0.0724. The van der Waals surface area contributed by atoms with Crippen molar-refractivity contribution >= 4 is 57.8 Å². The average Bonchev–Trinajstić information content (AvgIpc) is 2.98. The van der Waals surface area contributed by atoms with Gasteiger partial charge in [0.1, 0.15) is 5.69 Å². The summed E-state index contributed by atoms with van der Waals surface area (Å²) < 4.78 is 31.2. The highest BCUT2D eigenvalue weighted by Crippen LogP contribution is 2.59. The van der Waals surface area contributed by atoms with Gasteiger partial charge in [-0.2, -0.15) is 0 Å². The number of rotatable bonds is 5. The van der Waals surface area contributed by atoms with Crippen LogP contribution in [0.3, 0.4) is 0 Å². The highest BCUT2D eigenvalue weighted by molar-refractivity contribution is 9.10. The fraction of sp³-hybridized carbons (Fsp3) is 0.267. The topological polar surface area (TPSA) is 127 Å². The van der Waals surface area contributed by atoms with Crippen LogP contribution in [0.1, 0.15) is 28.8 Å². The molecule has 12 heteroatoms. The second-order valence-electron chi connectivity index (χ2n) is 5.57. The SMILES string of the molecule is Cc1nc(C(=N)OC(=N)SCc2ccc(C(C)(F)P(=O)(O)O)c(Br)c2)cs1. The summed E-state index contributed by atoms with van der Waals surface area (Å²) in [4.78, 5) is 22.5. The molecule has 1 heterocycles. The molecule has 0 saturated carbocycles. The summed E-state index contributed by atoms with van der Waals surface area (Å²) in [5, 5.41) is 15.0. The van der Waals surface area contributed by atoms with Crippen LogP contribution in [0.25, 0.3) is 0 Å². The van der Waals surface area contributed by atoms with Crippen LogP contribution in [0.15, 0.2) is 28.1 Å². The summed E-state index contributed by atoms with van der Waals surface area (Å²) >= 11 is 5.53. The first kappa shape index (κ1) is 22.2. The molecule has 0 radical (unpaired) electrons. The van der Waals surface area contributed by atoms with Gasteiger partial charge in [0, 0.05) is 21.2 Å². The zero-order valence-electron chi connectivity index (χ0n) is 14.2. The number of hydrogen-bond donors (Lipinski definition) is 4. The molecule has 0 aliphatic heterocycles. The number of thioether (sulfide) groups is 1. The molecule has 2 rings (SSSR count). The number of aryl methyl sites for hydroxylation is 1. The van der Waals surface area contributed by atoms with Crippen LogP contribution in [0.2, 0.25) is 0 Å². The Balaban J connectivity index is 2.00. The lowest BCUT2D eigenvalue weighted by Gasteiger charge is -2.23. The van der Waals surface area contributed by atoms with Crippen molar-refractivity contribution in [2.75, 3.05) is 0 Å². The number of benzene rings is 1. The second-order valence-corrected chi connectivity index (χ2v) is 10.4. The van der Waals surface area contributed by atoms with Crippen LogP contribution >= 0.6 is 46.6 Å². The van der Waals surface area contributed by atoms with Gasteiger partial charge in [-0.15, -0.1) is 11.3 Å². The molecule has 27 heavy (non-hydrogen) atoms. The Bertz CT molecular complexity index is 932. The minimum absolute atomic E-state index is 0.156. The monoisotopic (exact) mass is 495 g/mol. The van der Waals surface area contributed by atoms with Crippen molar-refractivity contribution in [2.45, 2.75) is 25.0 Å². The lowest BCUT2D eigenvalue weighted by Crippen LogP contribution is -2.16. The van der Waals surface area contributed by atoms with Crippen LogP contribution in [0.5, 0.6) is 0 Å². The number of ether oxygens (including phenoxy) is 1. The van der Waals surface area contributed by atoms with Crippen LogP contribution in [0, 0.1) is 17.7 Å². The van der Waals surface area contributed by atoms with Gasteiger partial charge in [0.2, 0.25) is 11.3 Å². The number of nitrogens with one attached hydrogen (secondary N) is 2. The Kier molecular flexibility index (Phi) is 6.99. The van der Waals surface area contributed by atoms with E-state index in [2.05, 4.69) is 20.9 Å². The summed E-state index contributed by atoms with van der Waals surface area (Å²) in [6.07, 6.45) is 0. The summed E-state index contributed by atoms with van der Waals surface area (Å²) in [7, 11) is -4.99. The predicted molar refractivity (Wildman–Crippen MR) is 108 cm³/mol. The number of nitrogens with zero attached hydrogens (tertiary/aromatic N) is 1. The molecule has 1 aromatic carbocycles. The van der Waals surface area contributed by atoms with Gasteiger partial charge in [-0.3, -0.25) is 15.4 Å². The Hall–Kier alpha value is -1.10. The maximum absolute atomic E-state index is 14.5. The smallest absolute Gasteiger partial charge is 0.366 e. The largest absolute Gasteiger partial charge is 0.414 e. The molecule has 1 unspecified atom stereocenters. The highest BCUT2D eigenvalue weighted by atomic mass is 79.9. The Morgan fingerprint density at radius 3 is 2.67 bits per heavy atom. The third-order valence-corrected chi connectivity index (χ3v) is 7.08. The average molecular weight is 496 g/mol. The fourth-order valence-electron chi connectivity index (χ4n) is 1.97. The summed E-state index contributed by atoms with van der Waals surface area (Å²) in [5.41, 5.74) is 0.882. The lowest BCUT2D eigenvalue weighted by atomic mass is 10.1. The molecule has 0 amide bonds. The van der Waals surface area contributed by atoms with Crippen molar-refractivity contribution in [1.82, 2.24) is 4.98 Å². The van der Waals surface area contributed by atoms with Crippen LogP contribution in [0.4, 0.5) is 4.39 Å². The highest BCUT2D eigenvalue weighted by Gasteiger charge is 2.45. The van der Waals surface area contributed by atoms with E-state index in [0.717, 1.165) is 23.7 Å². The number of thiazole rings is 1. The van der Waals surface area contributed by atoms with Gasteiger partial charge < -0.3 is 14.5 Å². The van der Waals surface area contributed by atoms with Crippen molar-refractivity contribution < 1.29 is 23.5 Å². The molecule has 7 nitrogen and oxygen atoms in total. The van der Waals surface area contributed by atoms with Gasteiger partial charge in [-0.05, 0) is 25.5 Å². The van der Waals surface area contributed by atoms with E-state index >= 15 is 0 Å². The number of aromatic nitrogens is 1. The molecule has 0 bridgehead atoms. The van der Waals surface area contributed by atoms with Crippen molar-refractivity contribution in [3.05, 3.63) is 49.9 Å². The van der Waals surface area contributed by atoms with E-state index in [0.29, 0.717) is 17.0 Å². The van der Waals surface area contributed by atoms with Crippen LogP contribution in [-0.4, -0.2) is 25.9 Å². The second kappa shape index (κ2) is 8.50. The number of hydrogen-bond acceptors (Lipinski definition) is 7. The lowest BCUT2D eigenvalue weighted by molar-refractivity contribution is 0.221. The Morgan fingerprint density at radius 1 is 1.48 bits per heavy atom. The molecule has 1 atom stereocenters. The normalized spacial score (nSPS) is 13.9. The number of alkyl halides is 1. The summed E-state index contributed by atoms with van der Waals surface area (Å²) in [6.45, 7) is 2.63. The molecule has 0 spiro atoms. The first-order valence-electron chi connectivity index (χ1n) is 7.35. The molecule has 0 aliphatic carbocycles. The molecule has 2 aromatic rings. The molecule has 146 valence electrons. The Morgan fingerprint density at radius 2 is 2.15 bits per heavy atom. The van der Waals surface area contributed by atoms with Crippen molar-refractivity contribution in [2.24, 2.45) is 0 Å². The predicted octanol–water partition coefficient (Wildman–Crippen LogP) is 4.74. The third kappa shape index (κ3) is 5.46. The van der Waals surface area contributed by atoms with Gasteiger partial charge in [0.15, 0.2) is 0 Å². The molecule has 4 N–H and O–H groups in total. The van der Waals surface area contributed by atoms with Gasteiger partial charge >= 0.3 is 7.60 Å². The Labute approximate surface area is 171 Å². The molecule has 1 aromatic heterocycles. The van der Waals surface area contributed by atoms with E-state index in [1.54, 1.807) is 12.3 Å². The summed E-state index contributed by atoms with van der Waals surface area (Å²) in [6, 6.07) is 4.34. The molecule has 0 saturated heterocycles. The molecular formula is C15H16BrFN3O4PS2. The quantitative estimate of drug-likeness (QED) is 0.269. The third-order valence-electron chi connectivity index (χ3n) is 3.49. The van der Waals surface area contributed by atoms with E-state index in [4.69, 9.17) is 15.6 Å². The van der Waals surface area contributed by atoms with Crippen LogP contribution in [-0.2, 0) is 20.5 Å². The van der Waals surface area contributed by atoms with Gasteiger partial charge in [-0.25, -0.2) is 9.37 Å². The fourth-order valence-corrected chi connectivity index (χ4v) is 4.64. The van der Waals surface area contributed by atoms with Crippen molar-refractivity contribution in [3.8, 4) is 0 Å². The maximum atomic E-state index is 14.5. The van der Waals surface area contributed by atoms with E-state index < -0.39 is 13.0 Å². The molecule has 0 fully saturated rings. The van der Waals surface area contributed by atoms with Gasteiger partial charge in [0.05, 0.1) is 5.01 Å². The minimum Gasteiger partial charge on any atom is -0.414 e. The first-order valence-corrected chi connectivity index (χ1v) is 11.6. The zero-order chi connectivity index (χ0) is 20.4. The maximum Gasteiger partial charge on any atom is 0.366 e. The van der Waals surface area contributed by atoms with E-state index in [9.17, 15) is 18.7 Å². The van der Waals surface area contributed by atoms with Crippen LogP contribution < -0.4 is 0 Å². The van der Waals surface area contributed by atoms with Crippen molar-refractivity contribution in [1.29, 1.82) is 10.8 Å². The zero-order valence-corrected chi connectivity index (χ0v) is 18.3. The first-order chi connectivity index (χ1) is 12.4. The standard InChI is InChI=1S/C15H16BrFN3O4PS2/c1-8-20-12(7-26-8)13(18)24-14(19)27-6-9-3-4-10(11(16)5-9)15(2,17)25(21,22)23/h3-5,7,18-19H,6H2,1-2H3,(H2,21,22,23).